The number of benzene rings is 1. The summed E-state index contributed by atoms with van der Waals surface area (Å²) in [5.41, 5.74) is 1.16. The van der Waals surface area contributed by atoms with Crippen LogP contribution in [0.5, 0.6) is 0 Å². The molecule has 1 aliphatic rings. The van der Waals surface area contributed by atoms with E-state index in [1.165, 1.54) is 6.20 Å². The Bertz CT molecular complexity index is 1410. The van der Waals surface area contributed by atoms with Crippen molar-refractivity contribution in [2.24, 2.45) is 0 Å². The lowest BCUT2D eigenvalue weighted by Crippen LogP contribution is -2.31. The van der Waals surface area contributed by atoms with E-state index >= 15 is 0 Å². The molecule has 36 heavy (non-hydrogen) atoms. The number of rotatable bonds is 8. The van der Waals surface area contributed by atoms with Crippen molar-refractivity contribution >= 4 is 44.9 Å². The van der Waals surface area contributed by atoms with Crippen LogP contribution in [0.4, 0.5) is 42.1 Å². The fourth-order valence-electron chi connectivity index (χ4n) is 3.72. The second kappa shape index (κ2) is 9.60. The highest BCUT2D eigenvalue weighted by Crippen LogP contribution is 2.35. The van der Waals surface area contributed by atoms with Crippen molar-refractivity contribution in [1.29, 1.82) is 0 Å². The predicted molar refractivity (Wildman–Crippen MR) is 129 cm³/mol. The van der Waals surface area contributed by atoms with Crippen molar-refractivity contribution in [1.82, 2.24) is 15.0 Å². The molecule has 3 N–H and O–H groups in total. The summed E-state index contributed by atoms with van der Waals surface area (Å²) < 4.78 is 66.3. The molecule has 3 aromatic rings. The first-order chi connectivity index (χ1) is 17.0. The van der Waals surface area contributed by atoms with Crippen LogP contribution in [-0.4, -0.2) is 42.1 Å². The number of aromatic nitrogens is 3. The van der Waals surface area contributed by atoms with Gasteiger partial charge in [-0.1, -0.05) is 12.1 Å². The molecule has 0 atom stereocenters. The molecule has 0 aliphatic carbocycles. The van der Waals surface area contributed by atoms with Crippen LogP contribution in [0.25, 0.3) is 0 Å². The molecular formula is C22H22F3N7O3S. The highest BCUT2D eigenvalue weighted by atomic mass is 32.2. The van der Waals surface area contributed by atoms with Crippen LogP contribution in [-0.2, 0) is 34.0 Å². The van der Waals surface area contributed by atoms with Crippen LogP contribution < -0.4 is 20.3 Å². The maximum absolute atomic E-state index is 13.7. The Hall–Kier alpha value is -3.94. The van der Waals surface area contributed by atoms with Gasteiger partial charge in [0.25, 0.3) is 0 Å². The summed E-state index contributed by atoms with van der Waals surface area (Å²) in [6, 6.07) is 8.15. The number of nitrogens with zero attached hydrogens (tertiary/aromatic N) is 4. The van der Waals surface area contributed by atoms with Crippen molar-refractivity contribution in [3.05, 3.63) is 59.4 Å². The van der Waals surface area contributed by atoms with Gasteiger partial charge >= 0.3 is 6.18 Å². The Labute approximate surface area is 205 Å². The van der Waals surface area contributed by atoms with E-state index in [1.807, 2.05) is 0 Å². The van der Waals surface area contributed by atoms with Gasteiger partial charge in [0.05, 0.1) is 12.7 Å². The van der Waals surface area contributed by atoms with E-state index in [0.717, 1.165) is 16.1 Å². The highest BCUT2D eigenvalue weighted by molar-refractivity contribution is 7.92. The molecule has 4 rings (SSSR count). The Balaban J connectivity index is 1.62. The van der Waals surface area contributed by atoms with E-state index in [1.54, 1.807) is 37.3 Å². The number of hydrogen-bond donors (Lipinski definition) is 3. The molecule has 0 saturated carbocycles. The van der Waals surface area contributed by atoms with Gasteiger partial charge in [-0.2, -0.15) is 18.2 Å². The highest BCUT2D eigenvalue weighted by Gasteiger charge is 2.35. The number of alkyl halides is 3. The summed E-state index contributed by atoms with van der Waals surface area (Å²) in [4.78, 5) is 23.5. The van der Waals surface area contributed by atoms with Crippen LogP contribution in [0, 0.1) is 0 Å². The second-order valence-corrected chi connectivity index (χ2v) is 9.85. The lowest BCUT2D eigenvalue weighted by atomic mass is 10.1. The maximum Gasteiger partial charge on any atom is 0.421 e. The van der Waals surface area contributed by atoms with E-state index in [0.29, 0.717) is 23.1 Å². The number of amides is 1. The van der Waals surface area contributed by atoms with Gasteiger partial charge in [0.2, 0.25) is 21.9 Å². The number of halogens is 3. The van der Waals surface area contributed by atoms with Gasteiger partial charge in [0.1, 0.15) is 17.2 Å². The van der Waals surface area contributed by atoms with E-state index in [2.05, 4.69) is 30.9 Å². The Morgan fingerprint density at radius 1 is 1.19 bits per heavy atom. The zero-order chi connectivity index (χ0) is 26.1. The van der Waals surface area contributed by atoms with E-state index in [4.69, 9.17) is 0 Å². The van der Waals surface area contributed by atoms with E-state index in [9.17, 15) is 26.4 Å². The number of pyridine rings is 1. The number of hydrogen-bond acceptors (Lipinski definition) is 8. The summed E-state index contributed by atoms with van der Waals surface area (Å²) in [5.74, 6) is -0.637. The average Bonchev–Trinajstić information content (AvgIpc) is 3.16. The first-order valence-corrected chi connectivity index (χ1v) is 12.6. The summed E-state index contributed by atoms with van der Waals surface area (Å²) in [7, 11) is -3.65. The number of carbonyl (C=O) groups is 1. The Morgan fingerprint density at radius 2 is 1.97 bits per heavy atom. The quantitative estimate of drug-likeness (QED) is 0.411. The zero-order valence-electron chi connectivity index (χ0n) is 19.2. The average molecular weight is 522 g/mol. The van der Waals surface area contributed by atoms with Crippen molar-refractivity contribution < 1.29 is 26.4 Å². The number of carbonyl (C=O) groups excluding carboxylic acids is 1. The molecule has 3 heterocycles. The number of sulfonamides is 1. The number of nitrogens with one attached hydrogen (secondary N) is 3. The Morgan fingerprint density at radius 3 is 2.67 bits per heavy atom. The molecule has 1 aliphatic heterocycles. The molecular weight excluding hydrogens is 499 g/mol. The second-order valence-electron chi connectivity index (χ2n) is 7.94. The van der Waals surface area contributed by atoms with Crippen LogP contribution in [0.3, 0.4) is 0 Å². The topological polar surface area (TPSA) is 129 Å². The van der Waals surface area contributed by atoms with Crippen LogP contribution in [0.2, 0.25) is 0 Å². The fraction of sp³-hybridized carbons (Fsp3) is 0.273. The summed E-state index contributed by atoms with van der Waals surface area (Å²) in [6.07, 6.45) is -1.40. The smallest absolute Gasteiger partial charge is 0.365 e. The van der Waals surface area contributed by atoms with Crippen molar-refractivity contribution in [2.75, 3.05) is 33.1 Å². The predicted octanol–water partition coefficient (Wildman–Crippen LogP) is 3.53. The van der Waals surface area contributed by atoms with Gasteiger partial charge < -0.3 is 16.0 Å². The summed E-state index contributed by atoms with van der Waals surface area (Å²) >= 11 is 0. The molecule has 10 nitrogen and oxygen atoms in total. The minimum absolute atomic E-state index is 0.0967. The molecule has 0 saturated heterocycles. The van der Waals surface area contributed by atoms with Crippen LogP contribution in [0.15, 0.2) is 42.7 Å². The maximum atomic E-state index is 13.7. The van der Waals surface area contributed by atoms with Gasteiger partial charge in [-0.25, -0.2) is 18.4 Å². The molecule has 14 heteroatoms. The molecule has 1 aromatic carbocycles. The third-order valence-electron chi connectivity index (χ3n) is 5.32. The van der Waals surface area contributed by atoms with E-state index < -0.39 is 27.6 Å². The van der Waals surface area contributed by atoms with Gasteiger partial charge in [-0.15, -0.1) is 0 Å². The third kappa shape index (κ3) is 5.48. The minimum atomic E-state index is -4.74. The lowest BCUT2D eigenvalue weighted by molar-refractivity contribution is -0.137. The largest absolute Gasteiger partial charge is 0.421 e. The van der Waals surface area contributed by atoms with E-state index in [-0.39, 0.29) is 37.2 Å². The molecule has 0 bridgehead atoms. The van der Waals surface area contributed by atoms with Gasteiger partial charge in [0, 0.05) is 42.4 Å². The van der Waals surface area contributed by atoms with Crippen molar-refractivity contribution in [2.45, 2.75) is 26.1 Å². The molecule has 190 valence electrons. The minimum Gasteiger partial charge on any atom is -0.365 e. The molecule has 0 fully saturated rings. The fourth-order valence-corrected chi connectivity index (χ4v) is 4.67. The molecule has 1 amide bonds. The normalized spacial score (nSPS) is 13.2. The molecule has 0 radical (unpaired) electrons. The van der Waals surface area contributed by atoms with Gasteiger partial charge in [0.15, 0.2) is 0 Å². The standard InChI is InChI=1S/C22H22F3N7O3S/c1-3-32(36(2,34)35)20-14(5-4-8-26-20)11-27-19-16(22(23,24)25)12-28-21(31-19)29-15-7-6-13-9-18(33)30-17(13)10-15/h4-8,10,12H,3,9,11H2,1-2H3,(H,30,33)(H2,27,28,29,31). The Kier molecular flexibility index (Phi) is 6.71. The number of anilines is 5. The number of fused-ring (bicyclic) bond motifs is 1. The first kappa shape index (κ1) is 25.2. The van der Waals surface area contributed by atoms with Gasteiger partial charge in [-0.3, -0.25) is 9.10 Å². The summed E-state index contributed by atoms with van der Waals surface area (Å²) in [6.45, 7) is 1.54. The SMILES string of the molecule is CCN(c1ncccc1CNc1nc(Nc2ccc3c(c2)NC(=O)C3)ncc1C(F)(F)F)S(C)(=O)=O. The third-order valence-corrected chi connectivity index (χ3v) is 6.55. The van der Waals surface area contributed by atoms with Gasteiger partial charge in [-0.05, 0) is 30.7 Å². The summed E-state index contributed by atoms with van der Waals surface area (Å²) in [5, 5.41) is 8.19. The first-order valence-electron chi connectivity index (χ1n) is 10.7. The molecule has 2 aromatic heterocycles. The lowest BCUT2D eigenvalue weighted by Gasteiger charge is -2.22. The monoisotopic (exact) mass is 521 g/mol. The van der Waals surface area contributed by atoms with Crippen LogP contribution in [0.1, 0.15) is 23.6 Å². The molecule has 0 unspecified atom stereocenters. The van der Waals surface area contributed by atoms with Crippen LogP contribution >= 0.6 is 0 Å². The zero-order valence-corrected chi connectivity index (χ0v) is 20.0. The van der Waals surface area contributed by atoms with Crippen molar-refractivity contribution in [3.8, 4) is 0 Å². The van der Waals surface area contributed by atoms with Crippen molar-refractivity contribution in [3.63, 3.8) is 0 Å². The molecule has 0 spiro atoms.